The van der Waals surface area contributed by atoms with Gasteiger partial charge in [0.05, 0.1) is 11.8 Å². The van der Waals surface area contributed by atoms with Crippen molar-refractivity contribution in [2.75, 3.05) is 0 Å². The molecule has 1 atom stereocenters. The van der Waals surface area contributed by atoms with Crippen LogP contribution in [0.4, 0.5) is 4.39 Å². The van der Waals surface area contributed by atoms with Crippen molar-refractivity contribution in [1.82, 2.24) is 10.3 Å². The van der Waals surface area contributed by atoms with Gasteiger partial charge in [-0.25, -0.2) is 9.18 Å². The van der Waals surface area contributed by atoms with Gasteiger partial charge in [-0.1, -0.05) is 20.8 Å². The Hall–Kier alpha value is -1.98. The number of pyridine rings is 1. The topological polar surface area (TPSA) is 79.3 Å². The Morgan fingerprint density at radius 3 is 2.55 bits per heavy atom. The Kier molecular flexibility index (Phi) is 5.19. The van der Waals surface area contributed by atoms with Crippen molar-refractivity contribution in [2.45, 2.75) is 39.7 Å². The molecule has 1 amide bonds. The summed E-state index contributed by atoms with van der Waals surface area (Å²) in [4.78, 5) is 26.6. The molecule has 1 aromatic rings. The summed E-state index contributed by atoms with van der Waals surface area (Å²) in [5, 5.41) is 11.5. The minimum atomic E-state index is -1.10. The molecular weight excluding hydrogens is 263 g/mol. The molecular formula is C14H19FN2O3. The largest absolute Gasteiger partial charge is 0.480 e. The predicted molar refractivity (Wildman–Crippen MR) is 71.8 cm³/mol. The first-order valence-corrected chi connectivity index (χ1v) is 6.33. The summed E-state index contributed by atoms with van der Waals surface area (Å²) < 4.78 is 13.0. The van der Waals surface area contributed by atoms with Crippen molar-refractivity contribution in [3.05, 3.63) is 29.8 Å². The molecule has 1 aromatic heterocycles. The van der Waals surface area contributed by atoms with Crippen LogP contribution in [-0.4, -0.2) is 28.0 Å². The Morgan fingerprint density at radius 1 is 1.40 bits per heavy atom. The van der Waals surface area contributed by atoms with E-state index in [0.29, 0.717) is 12.8 Å². The SMILES string of the molecule is CC(C)(C)CCC(NC(=O)c1cncc(F)c1)C(=O)O. The van der Waals surface area contributed by atoms with Crippen LogP contribution in [0.3, 0.4) is 0 Å². The van der Waals surface area contributed by atoms with Gasteiger partial charge in [-0.15, -0.1) is 0 Å². The van der Waals surface area contributed by atoms with E-state index in [0.717, 1.165) is 12.3 Å². The van der Waals surface area contributed by atoms with Crippen LogP contribution in [0, 0.1) is 11.2 Å². The van der Waals surface area contributed by atoms with Crippen molar-refractivity contribution in [3.63, 3.8) is 0 Å². The molecule has 0 aliphatic carbocycles. The molecule has 0 fully saturated rings. The number of halogens is 1. The van der Waals surface area contributed by atoms with E-state index in [1.807, 2.05) is 20.8 Å². The van der Waals surface area contributed by atoms with Gasteiger partial charge in [0.15, 0.2) is 0 Å². The zero-order valence-corrected chi connectivity index (χ0v) is 11.8. The summed E-state index contributed by atoms with van der Waals surface area (Å²) in [5.41, 5.74) is -0.0224. The van der Waals surface area contributed by atoms with Crippen LogP contribution in [0.5, 0.6) is 0 Å². The number of hydrogen-bond donors (Lipinski definition) is 2. The van der Waals surface area contributed by atoms with Crippen LogP contribution in [0.25, 0.3) is 0 Å². The van der Waals surface area contributed by atoms with Crippen molar-refractivity contribution in [3.8, 4) is 0 Å². The number of rotatable bonds is 5. The molecule has 0 aliphatic heterocycles. The second-order valence-corrected chi connectivity index (χ2v) is 5.86. The Morgan fingerprint density at radius 2 is 2.05 bits per heavy atom. The Labute approximate surface area is 117 Å². The summed E-state index contributed by atoms with van der Waals surface area (Å²) >= 11 is 0. The summed E-state index contributed by atoms with van der Waals surface area (Å²) in [6, 6.07) is 0.0235. The molecule has 6 heteroatoms. The number of carboxylic acid groups (broad SMARTS) is 1. The maximum absolute atomic E-state index is 13.0. The van der Waals surface area contributed by atoms with Crippen LogP contribution >= 0.6 is 0 Å². The molecule has 0 saturated heterocycles. The molecule has 20 heavy (non-hydrogen) atoms. The standard InChI is InChI=1S/C14H19FN2O3/c1-14(2,3)5-4-11(13(19)20)17-12(18)9-6-10(15)8-16-7-9/h6-8,11H,4-5H2,1-3H3,(H,17,18)(H,19,20). The molecule has 110 valence electrons. The molecule has 1 unspecified atom stereocenters. The van der Waals surface area contributed by atoms with Crippen LogP contribution in [0.2, 0.25) is 0 Å². The Bertz CT molecular complexity index is 497. The van der Waals surface area contributed by atoms with Gasteiger partial charge in [-0.05, 0) is 24.3 Å². The smallest absolute Gasteiger partial charge is 0.326 e. The van der Waals surface area contributed by atoms with Gasteiger partial charge < -0.3 is 10.4 Å². The van der Waals surface area contributed by atoms with Gasteiger partial charge in [-0.2, -0.15) is 0 Å². The van der Waals surface area contributed by atoms with Crippen LogP contribution < -0.4 is 5.32 Å². The monoisotopic (exact) mass is 282 g/mol. The number of carbonyl (C=O) groups excluding carboxylic acids is 1. The quantitative estimate of drug-likeness (QED) is 0.868. The summed E-state index contributed by atoms with van der Waals surface area (Å²) in [5.74, 6) is -2.38. The lowest BCUT2D eigenvalue weighted by Gasteiger charge is -2.21. The van der Waals surface area contributed by atoms with E-state index in [-0.39, 0.29) is 11.0 Å². The predicted octanol–water partition coefficient (Wildman–Crippen LogP) is 2.23. The van der Waals surface area contributed by atoms with Crippen molar-refractivity contribution in [1.29, 1.82) is 0 Å². The maximum atomic E-state index is 13.0. The van der Waals surface area contributed by atoms with Gasteiger partial charge in [0, 0.05) is 6.20 Å². The fourth-order valence-electron chi connectivity index (χ4n) is 1.61. The van der Waals surface area contributed by atoms with E-state index in [9.17, 15) is 14.0 Å². The summed E-state index contributed by atoms with van der Waals surface area (Å²) in [6.45, 7) is 5.97. The highest BCUT2D eigenvalue weighted by Crippen LogP contribution is 2.21. The molecule has 0 spiro atoms. The third-order valence-electron chi connectivity index (χ3n) is 2.75. The third kappa shape index (κ3) is 5.34. The average molecular weight is 282 g/mol. The minimum absolute atomic E-state index is 0.00649. The minimum Gasteiger partial charge on any atom is -0.480 e. The fraction of sp³-hybridized carbons (Fsp3) is 0.500. The number of aromatic nitrogens is 1. The zero-order chi connectivity index (χ0) is 15.3. The second kappa shape index (κ2) is 6.45. The lowest BCUT2D eigenvalue weighted by Crippen LogP contribution is -2.41. The maximum Gasteiger partial charge on any atom is 0.326 e. The lowest BCUT2D eigenvalue weighted by atomic mass is 9.88. The number of carbonyl (C=O) groups is 2. The third-order valence-corrected chi connectivity index (χ3v) is 2.75. The highest BCUT2D eigenvalue weighted by Gasteiger charge is 2.23. The molecule has 0 aliphatic rings. The number of nitrogens with one attached hydrogen (secondary N) is 1. The number of aliphatic carboxylic acids is 1. The van der Waals surface area contributed by atoms with Crippen LogP contribution in [0.15, 0.2) is 18.5 Å². The van der Waals surface area contributed by atoms with E-state index in [1.165, 1.54) is 6.20 Å². The summed E-state index contributed by atoms with van der Waals surface area (Å²) in [6.07, 6.45) is 3.13. The zero-order valence-electron chi connectivity index (χ0n) is 11.8. The van der Waals surface area contributed by atoms with E-state index in [2.05, 4.69) is 10.3 Å². The highest BCUT2D eigenvalue weighted by atomic mass is 19.1. The molecule has 0 radical (unpaired) electrons. The molecule has 0 aromatic carbocycles. The first-order valence-electron chi connectivity index (χ1n) is 6.33. The van der Waals surface area contributed by atoms with E-state index >= 15 is 0 Å². The fourth-order valence-corrected chi connectivity index (χ4v) is 1.61. The molecule has 1 rings (SSSR count). The molecule has 1 heterocycles. The molecule has 0 saturated carbocycles. The second-order valence-electron chi connectivity index (χ2n) is 5.86. The van der Waals surface area contributed by atoms with E-state index in [4.69, 9.17) is 5.11 Å². The van der Waals surface area contributed by atoms with Crippen molar-refractivity contribution >= 4 is 11.9 Å². The average Bonchev–Trinajstić information content (AvgIpc) is 2.32. The van der Waals surface area contributed by atoms with Gasteiger partial charge in [0.25, 0.3) is 5.91 Å². The summed E-state index contributed by atoms with van der Waals surface area (Å²) in [7, 11) is 0. The number of nitrogens with zero attached hydrogens (tertiary/aromatic N) is 1. The van der Waals surface area contributed by atoms with Gasteiger partial charge in [-0.3, -0.25) is 9.78 Å². The number of amides is 1. The number of carboxylic acids is 1. The van der Waals surface area contributed by atoms with Gasteiger partial charge >= 0.3 is 5.97 Å². The van der Waals surface area contributed by atoms with E-state index in [1.54, 1.807) is 0 Å². The van der Waals surface area contributed by atoms with Crippen LogP contribution in [-0.2, 0) is 4.79 Å². The van der Waals surface area contributed by atoms with E-state index < -0.39 is 23.7 Å². The first-order chi connectivity index (χ1) is 9.19. The van der Waals surface area contributed by atoms with Crippen LogP contribution in [0.1, 0.15) is 44.0 Å². The molecule has 5 nitrogen and oxygen atoms in total. The molecule has 0 bridgehead atoms. The first kappa shape index (κ1) is 16.1. The lowest BCUT2D eigenvalue weighted by molar-refractivity contribution is -0.139. The molecule has 2 N–H and O–H groups in total. The van der Waals surface area contributed by atoms with Crippen molar-refractivity contribution in [2.24, 2.45) is 5.41 Å². The highest BCUT2D eigenvalue weighted by molar-refractivity contribution is 5.96. The van der Waals surface area contributed by atoms with Gasteiger partial charge in [0.1, 0.15) is 11.9 Å². The van der Waals surface area contributed by atoms with Crippen molar-refractivity contribution < 1.29 is 19.1 Å². The Balaban J connectivity index is 2.71. The van der Waals surface area contributed by atoms with Gasteiger partial charge in [0.2, 0.25) is 0 Å². The normalized spacial score (nSPS) is 12.8. The number of hydrogen-bond acceptors (Lipinski definition) is 3.